The minimum atomic E-state index is -0.0243. The number of rotatable bonds is 2. The van der Waals surface area contributed by atoms with Gasteiger partial charge in [0, 0.05) is 21.9 Å². The van der Waals surface area contributed by atoms with Crippen molar-refractivity contribution >= 4 is 60.1 Å². The van der Waals surface area contributed by atoms with Gasteiger partial charge in [0.05, 0.1) is 11.0 Å². The SMILES string of the molecule is C=C1/C=C\C=C2/C/C(=C\C=C/1c1ccc3cc(-n4c5ccccc5c5cc6cc7c(cc6cc54)-c4ccccc4C7(C)C)ccc3c1)c1ccccc12. The molecule has 3 aliphatic rings. The molecule has 3 aliphatic carbocycles. The van der Waals surface area contributed by atoms with E-state index in [0.717, 1.165) is 17.6 Å². The van der Waals surface area contributed by atoms with Gasteiger partial charge >= 0.3 is 0 Å². The van der Waals surface area contributed by atoms with Crippen LogP contribution in [0.4, 0.5) is 0 Å². The predicted molar refractivity (Wildman–Crippen MR) is 227 cm³/mol. The number of aromatic nitrogens is 1. The lowest BCUT2D eigenvalue weighted by atomic mass is 9.82. The largest absolute Gasteiger partial charge is 0.309 e. The Balaban J connectivity index is 1.04. The number of nitrogens with zero attached hydrogens (tertiary/aromatic N) is 1. The lowest BCUT2D eigenvalue weighted by Gasteiger charge is -2.21. The molecule has 1 aromatic heterocycles. The lowest BCUT2D eigenvalue weighted by Crippen LogP contribution is -2.14. The maximum atomic E-state index is 4.49. The monoisotopic (exact) mass is 675 g/mol. The van der Waals surface area contributed by atoms with Crippen LogP contribution >= 0.6 is 0 Å². The second-order valence-corrected chi connectivity index (χ2v) is 15.5. The fraction of sp³-hybridized carbons (Fsp3) is 0.0769. The molecule has 53 heavy (non-hydrogen) atoms. The van der Waals surface area contributed by atoms with E-state index in [-0.39, 0.29) is 5.41 Å². The van der Waals surface area contributed by atoms with Gasteiger partial charge in [0.1, 0.15) is 0 Å². The molecule has 0 saturated heterocycles. The van der Waals surface area contributed by atoms with Crippen LogP contribution in [-0.4, -0.2) is 4.57 Å². The summed E-state index contributed by atoms with van der Waals surface area (Å²) in [7, 11) is 0. The maximum Gasteiger partial charge on any atom is 0.0547 e. The molecule has 0 N–H and O–H groups in total. The topological polar surface area (TPSA) is 4.93 Å². The number of hydrogen-bond donors (Lipinski definition) is 0. The zero-order chi connectivity index (χ0) is 35.4. The van der Waals surface area contributed by atoms with Crippen molar-refractivity contribution in [2.45, 2.75) is 25.7 Å². The first-order valence-corrected chi connectivity index (χ1v) is 18.7. The van der Waals surface area contributed by atoms with Gasteiger partial charge in [0.2, 0.25) is 0 Å². The summed E-state index contributed by atoms with van der Waals surface area (Å²) in [4.78, 5) is 0. The van der Waals surface area contributed by atoms with Crippen LogP contribution in [0.5, 0.6) is 0 Å². The van der Waals surface area contributed by atoms with E-state index in [2.05, 4.69) is 189 Å². The van der Waals surface area contributed by atoms with E-state index in [1.54, 1.807) is 0 Å². The highest BCUT2D eigenvalue weighted by Gasteiger charge is 2.35. The van der Waals surface area contributed by atoms with E-state index in [0.29, 0.717) is 0 Å². The number of para-hydroxylation sites is 1. The molecule has 11 rings (SSSR count). The minimum absolute atomic E-state index is 0.0243. The molecule has 250 valence electrons. The fourth-order valence-corrected chi connectivity index (χ4v) is 9.41. The second-order valence-electron chi connectivity index (χ2n) is 15.5. The van der Waals surface area contributed by atoms with Crippen LogP contribution in [-0.2, 0) is 5.41 Å². The summed E-state index contributed by atoms with van der Waals surface area (Å²) in [6.45, 7) is 9.21. The Morgan fingerprint density at radius 2 is 1.25 bits per heavy atom. The molecular weight excluding hydrogens is 639 g/mol. The van der Waals surface area contributed by atoms with Crippen LogP contribution in [0.2, 0.25) is 0 Å². The van der Waals surface area contributed by atoms with Gasteiger partial charge < -0.3 is 4.57 Å². The third kappa shape index (κ3) is 4.44. The van der Waals surface area contributed by atoms with Gasteiger partial charge in [-0.1, -0.05) is 136 Å². The van der Waals surface area contributed by atoms with Gasteiger partial charge in [0.15, 0.2) is 0 Å². The number of allylic oxidation sites excluding steroid dienone is 9. The van der Waals surface area contributed by atoms with Crippen molar-refractivity contribution in [2.75, 3.05) is 0 Å². The molecule has 2 bridgehead atoms. The van der Waals surface area contributed by atoms with Crippen LogP contribution < -0.4 is 0 Å². The first-order chi connectivity index (χ1) is 25.9. The van der Waals surface area contributed by atoms with Gasteiger partial charge in [-0.3, -0.25) is 0 Å². The highest BCUT2D eigenvalue weighted by atomic mass is 15.0. The van der Waals surface area contributed by atoms with E-state index < -0.39 is 0 Å². The molecule has 8 aromatic rings. The molecule has 0 saturated carbocycles. The van der Waals surface area contributed by atoms with E-state index in [9.17, 15) is 0 Å². The average molecular weight is 676 g/mol. The summed E-state index contributed by atoms with van der Waals surface area (Å²) in [5.74, 6) is 0. The molecule has 0 spiro atoms. The summed E-state index contributed by atoms with van der Waals surface area (Å²) in [5.41, 5.74) is 17.9. The molecule has 1 heterocycles. The molecule has 0 atom stereocenters. The molecule has 0 unspecified atom stereocenters. The number of fused-ring (bicyclic) bond motifs is 13. The molecular formula is C52H37N. The number of benzene rings is 7. The van der Waals surface area contributed by atoms with E-state index in [1.807, 2.05) is 0 Å². The first-order valence-electron chi connectivity index (χ1n) is 18.7. The molecule has 0 amide bonds. The maximum absolute atomic E-state index is 4.49. The van der Waals surface area contributed by atoms with E-state index in [4.69, 9.17) is 0 Å². The summed E-state index contributed by atoms with van der Waals surface area (Å²) in [6, 6.07) is 49.9. The van der Waals surface area contributed by atoms with Gasteiger partial charge in [0.25, 0.3) is 0 Å². The van der Waals surface area contributed by atoms with Gasteiger partial charge in [-0.15, -0.1) is 0 Å². The average Bonchev–Trinajstić information content (AvgIpc) is 3.77. The van der Waals surface area contributed by atoms with Gasteiger partial charge in [-0.2, -0.15) is 0 Å². The Morgan fingerprint density at radius 3 is 2.11 bits per heavy atom. The van der Waals surface area contributed by atoms with Crippen LogP contribution in [0.3, 0.4) is 0 Å². The number of hydrogen-bond acceptors (Lipinski definition) is 0. The first kappa shape index (κ1) is 30.2. The van der Waals surface area contributed by atoms with Crippen molar-refractivity contribution in [1.29, 1.82) is 0 Å². The quantitative estimate of drug-likeness (QED) is 0.172. The Kier molecular flexibility index (Phi) is 6.29. The normalized spacial score (nSPS) is 19.3. The van der Waals surface area contributed by atoms with Gasteiger partial charge in [-0.25, -0.2) is 0 Å². The summed E-state index contributed by atoms with van der Waals surface area (Å²) in [5, 5.41) is 7.55. The van der Waals surface area contributed by atoms with Crippen molar-refractivity contribution < 1.29 is 0 Å². The van der Waals surface area contributed by atoms with Gasteiger partial charge in [-0.05, 0) is 138 Å². The molecule has 0 aliphatic heterocycles. The standard InChI is InChI=1S/C52H37N/c1-32-11-10-12-35-26-37(43-14-5-4-13-42(35)43)22-24-41(32)36-20-19-34-27-40(23-21-33(34)25-36)53-50-18-9-7-16-45(50)47-29-38-30-49-46(28-39(38)31-51(47)53)44-15-6-8-17-48(44)52(49,2)3/h4-25,27-31H,1,26H2,2-3H3/b11-10-,35-12+,37-22+,41-24+. The molecule has 1 heteroatoms. The fourth-order valence-electron chi connectivity index (χ4n) is 9.41. The molecule has 7 aromatic carbocycles. The Morgan fingerprint density at radius 1 is 0.528 bits per heavy atom. The van der Waals surface area contributed by atoms with Crippen LogP contribution in [0, 0.1) is 0 Å². The van der Waals surface area contributed by atoms with Crippen LogP contribution in [0.15, 0.2) is 176 Å². The third-order valence-electron chi connectivity index (χ3n) is 12.1. The molecule has 0 fully saturated rings. The van der Waals surface area contributed by atoms with E-state index >= 15 is 0 Å². The minimum Gasteiger partial charge on any atom is -0.309 e. The van der Waals surface area contributed by atoms with Crippen molar-refractivity contribution in [3.63, 3.8) is 0 Å². The molecule has 0 radical (unpaired) electrons. The van der Waals surface area contributed by atoms with Crippen molar-refractivity contribution in [2.24, 2.45) is 0 Å². The highest BCUT2D eigenvalue weighted by molar-refractivity contribution is 6.14. The molecule has 1 nitrogen and oxygen atoms in total. The smallest absolute Gasteiger partial charge is 0.0547 e. The zero-order valence-corrected chi connectivity index (χ0v) is 29.9. The van der Waals surface area contributed by atoms with E-state index in [1.165, 1.54) is 99.1 Å². The Bertz CT molecular complexity index is 3060. The summed E-state index contributed by atoms with van der Waals surface area (Å²) < 4.78 is 2.45. The van der Waals surface area contributed by atoms with Crippen molar-refractivity contribution in [3.8, 4) is 16.8 Å². The highest BCUT2D eigenvalue weighted by Crippen LogP contribution is 2.50. The Labute approximate surface area is 309 Å². The van der Waals surface area contributed by atoms with Crippen molar-refractivity contribution in [3.05, 3.63) is 204 Å². The summed E-state index contributed by atoms with van der Waals surface area (Å²) in [6.07, 6.45) is 12.1. The third-order valence-corrected chi connectivity index (χ3v) is 12.1. The van der Waals surface area contributed by atoms with Crippen LogP contribution in [0.25, 0.3) is 76.9 Å². The summed E-state index contributed by atoms with van der Waals surface area (Å²) >= 11 is 0. The van der Waals surface area contributed by atoms with Crippen LogP contribution in [0.1, 0.15) is 48.1 Å². The second kappa shape index (κ2) is 11.0. The van der Waals surface area contributed by atoms with Crippen molar-refractivity contribution in [1.82, 2.24) is 4.57 Å². The Hall–Kier alpha value is -6.44. The lowest BCUT2D eigenvalue weighted by molar-refractivity contribution is 0.661. The predicted octanol–water partition coefficient (Wildman–Crippen LogP) is 13.8. The zero-order valence-electron chi connectivity index (χ0n) is 29.9.